The molecule has 0 unspecified atom stereocenters. The van der Waals surface area contributed by atoms with Crippen molar-refractivity contribution in [1.29, 1.82) is 0 Å². The van der Waals surface area contributed by atoms with E-state index >= 15 is 0 Å². The van der Waals surface area contributed by atoms with E-state index < -0.39 is 0 Å². The average molecular weight is 386 g/mol. The number of rotatable bonds is 7. The molecular formula is C22H28ClN3O. The third kappa shape index (κ3) is 6.55. The number of hydrogen-bond donors (Lipinski definition) is 1. The lowest BCUT2D eigenvalue weighted by Gasteiger charge is -2.21. The molecule has 144 valence electrons. The molecule has 1 aliphatic heterocycles. The number of aromatic nitrogens is 1. The molecule has 4 nitrogen and oxygen atoms in total. The third-order valence-corrected chi connectivity index (χ3v) is 5.26. The monoisotopic (exact) mass is 385 g/mol. The Balaban J connectivity index is 1.38. The standard InChI is InChI=1S/C22H28ClN3O/c23-20-11-8-18(9-12-20)6-5-7-22(27)25-17-19-10-13-21(24-16-19)26-14-3-1-2-4-15-26/h8-13,16H,1-7,14-15,17H2,(H,25,27). The molecule has 3 rings (SSSR count). The molecule has 1 saturated heterocycles. The predicted molar refractivity (Wildman–Crippen MR) is 111 cm³/mol. The SMILES string of the molecule is O=C(CCCc1ccc(Cl)cc1)NCc1ccc(N2CCCCCC2)nc1. The number of amides is 1. The van der Waals surface area contributed by atoms with E-state index in [-0.39, 0.29) is 5.91 Å². The van der Waals surface area contributed by atoms with Gasteiger partial charge in [-0.2, -0.15) is 0 Å². The number of benzene rings is 1. The van der Waals surface area contributed by atoms with Gasteiger partial charge in [0.05, 0.1) is 0 Å². The van der Waals surface area contributed by atoms with E-state index in [9.17, 15) is 4.79 Å². The number of anilines is 1. The highest BCUT2D eigenvalue weighted by Gasteiger charge is 2.11. The van der Waals surface area contributed by atoms with E-state index in [1.165, 1.54) is 31.2 Å². The Kier molecular flexibility index (Phi) is 7.52. The van der Waals surface area contributed by atoms with Crippen LogP contribution in [-0.2, 0) is 17.8 Å². The summed E-state index contributed by atoms with van der Waals surface area (Å²) in [5.41, 5.74) is 2.25. The van der Waals surface area contributed by atoms with E-state index in [1.807, 2.05) is 30.5 Å². The second kappa shape index (κ2) is 10.3. The quantitative estimate of drug-likeness (QED) is 0.747. The van der Waals surface area contributed by atoms with Crippen LogP contribution in [0.3, 0.4) is 0 Å². The zero-order valence-electron chi connectivity index (χ0n) is 15.8. The van der Waals surface area contributed by atoms with Gasteiger partial charge in [-0.15, -0.1) is 0 Å². The Bertz CT molecular complexity index is 707. The van der Waals surface area contributed by atoms with E-state index in [2.05, 4.69) is 27.3 Å². The summed E-state index contributed by atoms with van der Waals surface area (Å²) in [5.74, 6) is 1.13. The van der Waals surface area contributed by atoms with Gasteiger partial charge in [0.25, 0.3) is 0 Å². The molecule has 1 aliphatic rings. The zero-order chi connectivity index (χ0) is 18.9. The normalized spacial score (nSPS) is 14.6. The Morgan fingerprint density at radius 3 is 2.37 bits per heavy atom. The zero-order valence-corrected chi connectivity index (χ0v) is 16.5. The minimum atomic E-state index is 0.0839. The number of pyridine rings is 1. The van der Waals surface area contributed by atoms with Crippen LogP contribution in [0.4, 0.5) is 5.82 Å². The van der Waals surface area contributed by atoms with Crippen molar-refractivity contribution < 1.29 is 4.79 Å². The highest BCUT2D eigenvalue weighted by molar-refractivity contribution is 6.30. The molecular weight excluding hydrogens is 358 g/mol. The van der Waals surface area contributed by atoms with Crippen molar-refractivity contribution in [3.05, 3.63) is 58.7 Å². The smallest absolute Gasteiger partial charge is 0.220 e. The third-order valence-electron chi connectivity index (χ3n) is 5.01. The van der Waals surface area contributed by atoms with Crippen LogP contribution >= 0.6 is 11.6 Å². The summed E-state index contributed by atoms with van der Waals surface area (Å²) in [7, 11) is 0. The van der Waals surface area contributed by atoms with Gasteiger partial charge in [0.15, 0.2) is 0 Å². The fraction of sp³-hybridized carbons (Fsp3) is 0.455. The van der Waals surface area contributed by atoms with Gasteiger partial charge in [-0.3, -0.25) is 4.79 Å². The number of carbonyl (C=O) groups is 1. The van der Waals surface area contributed by atoms with Crippen molar-refractivity contribution in [1.82, 2.24) is 10.3 Å². The van der Waals surface area contributed by atoms with Gasteiger partial charge in [0.2, 0.25) is 5.91 Å². The minimum Gasteiger partial charge on any atom is -0.357 e. The van der Waals surface area contributed by atoms with Crippen LogP contribution in [0.25, 0.3) is 0 Å². The van der Waals surface area contributed by atoms with Crippen LogP contribution in [0.15, 0.2) is 42.6 Å². The van der Waals surface area contributed by atoms with Gasteiger partial charge in [-0.1, -0.05) is 42.6 Å². The molecule has 2 heterocycles. The summed E-state index contributed by atoms with van der Waals surface area (Å²) in [6.45, 7) is 2.72. The van der Waals surface area contributed by atoms with Gasteiger partial charge in [0, 0.05) is 37.3 Å². The maximum Gasteiger partial charge on any atom is 0.220 e. The first-order valence-corrected chi connectivity index (χ1v) is 10.3. The maximum absolute atomic E-state index is 12.1. The molecule has 0 spiro atoms. The number of nitrogens with one attached hydrogen (secondary N) is 1. The van der Waals surface area contributed by atoms with Crippen molar-refractivity contribution in [2.75, 3.05) is 18.0 Å². The topological polar surface area (TPSA) is 45.2 Å². The van der Waals surface area contributed by atoms with Crippen LogP contribution < -0.4 is 10.2 Å². The molecule has 27 heavy (non-hydrogen) atoms. The molecule has 0 bridgehead atoms. The Morgan fingerprint density at radius 1 is 1.00 bits per heavy atom. The average Bonchev–Trinajstić information content (AvgIpc) is 2.98. The maximum atomic E-state index is 12.1. The summed E-state index contributed by atoms with van der Waals surface area (Å²) < 4.78 is 0. The first-order chi connectivity index (χ1) is 13.2. The highest BCUT2D eigenvalue weighted by atomic mass is 35.5. The Hall–Kier alpha value is -2.07. The fourth-order valence-electron chi connectivity index (χ4n) is 3.40. The van der Waals surface area contributed by atoms with E-state index in [0.29, 0.717) is 13.0 Å². The van der Waals surface area contributed by atoms with Crippen LogP contribution in [0.2, 0.25) is 5.02 Å². The van der Waals surface area contributed by atoms with Crippen molar-refractivity contribution in [3.8, 4) is 0 Å². The molecule has 2 aromatic rings. The summed E-state index contributed by atoms with van der Waals surface area (Å²) in [6, 6.07) is 11.9. The molecule has 0 atom stereocenters. The van der Waals surface area contributed by atoms with Crippen molar-refractivity contribution in [3.63, 3.8) is 0 Å². The van der Waals surface area contributed by atoms with Crippen LogP contribution in [0, 0.1) is 0 Å². The lowest BCUT2D eigenvalue weighted by molar-refractivity contribution is -0.121. The second-order valence-corrected chi connectivity index (χ2v) is 7.62. The molecule has 1 amide bonds. The number of hydrogen-bond acceptors (Lipinski definition) is 3. The number of nitrogens with zero attached hydrogens (tertiary/aromatic N) is 2. The van der Waals surface area contributed by atoms with E-state index in [0.717, 1.165) is 42.3 Å². The predicted octanol–water partition coefficient (Wildman–Crippen LogP) is 4.75. The van der Waals surface area contributed by atoms with Gasteiger partial charge in [0.1, 0.15) is 5.82 Å². The number of halogens is 1. The van der Waals surface area contributed by atoms with E-state index in [4.69, 9.17) is 11.6 Å². The summed E-state index contributed by atoms with van der Waals surface area (Å²) in [5, 5.41) is 3.73. The summed E-state index contributed by atoms with van der Waals surface area (Å²) >= 11 is 5.88. The first-order valence-electron chi connectivity index (χ1n) is 9.92. The van der Waals surface area contributed by atoms with Crippen molar-refractivity contribution >= 4 is 23.3 Å². The molecule has 1 N–H and O–H groups in total. The molecule has 0 saturated carbocycles. The van der Waals surface area contributed by atoms with Gasteiger partial charge in [-0.25, -0.2) is 4.98 Å². The molecule has 1 aromatic carbocycles. The van der Waals surface area contributed by atoms with Gasteiger partial charge >= 0.3 is 0 Å². The summed E-state index contributed by atoms with van der Waals surface area (Å²) in [6.07, 6.45) is 9.26. The first kappa shape index (κ1) is 19.7. The molecule has 1 aromatic heterocycles. The molecule has 0 aliphatic carbocycles. The van der Waals surface area contributed by atoms with Crippen molar-refractivity contribution in [2.24, 2.45) is 0 Å². The van der Waals surface area contributed by atoms with Crippen molar-refractivity contribution in [2.45, 2.75) is 51.5 Å². The largest absolute Gasteiger partial charge is 0.357 e. The van der Waals surface area contributed by atoms with Crippen LogP contribution in [0.5, 0.6) is 0 Å². The molecule has 5 heteroatoms. The number of carbonyl (C=O) groups excluding carboxylic acids is 1. The Labute approximate surface area is 166 Å². The lowest BCUT2D eigenvalue weighted by atomic mass is 10.1. The van der Waals surface area contributed by atoms with E-state index in [1.54, 1.807) is 0 Å². The van der Waals surface area contributed by atoms with Gasteiger partial charge in [-0.05, 0) is 55.0 Å². The highest BCUT2D eigenvalue weighted by Crippen LogP contribution is 2.17. The number of aryl methyl sites for hydroxylation is 1. The Morgan fingerprint density at radius 2 is 1.70 bits per heavy atom. The summed E-state index contributed by atoms with van der Waals surface area (Å²) in [4.78, 5) is 19.0. The second-order valence-electron chi connectivity index (χ2n) is 7.18. The molecule has 1 fully saturated rings. The minimum absolute atomic E-state index is 0.0839. The molecule has 0 radical (unpaired) electrons. The lowest BCUT2D eigenvalue weighted by Crippen LogP contribution is -2.25. The van der Waals surface area contributed by atoms with Gasteiger partial charge < -0.3 is 10.2 Å². The fourth-order valence-corrected chi connectivity index (χ4v) is 3.53. The van der Waals surface area contributed by atoms with Crippen LogP contribution in [0.1, 0.15) is 49.7 Å². The van der Waals surface area contributed by atoms with Crippen LogP contribution in [-0.4, -0.2) is 24.0 Å².